The van der Waals surface area contributed by atoms with Crippen LogP contribution < -0.4 is 16.0 Å². The molecule has 0 aromatic rings. The first-order valence-corrected chi connectivity index (χ1v) is 13.0. The molecule has 0 radical (unpaired) electrons. The fraction of sp³-hybridized carbons (Fsp3) is 0.810. The number of carbonyl (C=O) groups excluding carboxylic acids is 4. The van der Waals surface area contributed by atoms with Crippen LogP contribution in [-0.2, 0) is 19.2 Å². The lowest BCUT2D eigenvalue weighted by molar-refractivity contribution is -0.141. The Morgan fingerprint density at radius 2 is 1.74 bits per heavy atom. The summed E-state index contributed by atoms with van der Waals surface area (Å²) in [6, 6.07) is -1.25. The summed E-state index contributed by atoms with van der Waals surface area (Å²) in [5.74, 6) is 0.100. The summed E-state index contributed by atoms with van der Waals surface area (Å²) in [4.78, 5) is 51.8. The molecule has 8 nitrogen and oxygen atoms in total. The van der Waals surface area contributed by atoms with Crippen molar-refractivity contribution in [2.75, 3.05) is 31.6 Å². The van der Waals surface area contributed by atoms with Gasteiger partial charge in [0.05, 0.1) is 22.7 Å². The monoisotopic (exact) mass is 472 g/mol. The summed E-state index contributed by atoms with van der Waals surface area (Å²) in [7, 11) is 1.95. The van der Waals surface area contributed by atoms with Gasteiger partial charge in [-0.15, -0.1) is 23.5 Å². The molecule has 0 aromatic heterocycles. The Morgan fingerprint density at radius 1 is 1.10 bits per heavy atom. The van der Waals surface area contributed by atoms with Crippen LogP contribution in [0.4, 0.5) is 0 Å². The maximum absolute atomic E-state index is 13.0. The van der Waals surface area contributed by atoms with Gasteiger partial charge in [0.25, 0.3) is 5.91 Å². The molecule has 1 spiro atoms. The average Bonchev–Trinajstić information content (AvgIpc) is 2.87. The van der Waals surface area contributed by atoms with E-state index in [0.29, 0.717) is 12.8 Å². The molecule has 3 amide bonds. The van der Waals surface area contributed by atoms with Crippen molar-refractivity contribution in [2.45, 2.75) is 75.1 Å². The summed E-state index contributed by atoms with van der Waals surface area (Å²) in [5.41, 5.74) is 0. The Kier molecular flexibility index (Phi) is 10.2. The van der Waals surface area contributed by atoms with Gasteiger partial charge in [0, 0.05) is 12.6 Å². The second-order valence-corrected chi connectivity index (χ2v) is 11.8. The number of carbonyl (C=O) groups is 4. The maximum atomic E-state index is 13.0. The highest BCUT2D eigenvalue weighted by atomic mass is 32.2. The van der Waals surface area contributed by atoms with E-state index in [0.717, 1.165) is 24.5 Å². The SMILES string of the molecule is CCCC(NC(=O)C1CC2(CN1C)SCCCCS2)C(=O)C(=O)NCC(=O)NC(C)C. The van der Waals surface area contributed by atoms with Gasteiger partial charge in [0.1, 0.15) is 0 Å². The van der Waals surface area contributed by atoms with Crippen LogP contribution in [-0.4, -0.2) is 82.3 Å². The molecule has 2 aliphatic heterocycles. The summed E-state index contributed by atoms with van der Waals surface area (Å²) in [5, 5.41) is 7.84. The largest absolute Gasteiger partial charge is 0.352 e. The third-order valence-electron chi connectivity index (χ3n) is 5.39. The van der Waals surface area contributed by atoms with Crippen LogP contribution in [0.15, 0.2) is 0 Å². The third-order valence-corrected chi connectivity index (χ3v) is 8.73. The van der Waals surface area contributed by atoms with E-state index in [4.69, 9.17) is 0 Å². The van der Waals surface area contributed by atoms with Gasteiger partial charge >= 0.3 is 0 Å². The molecular weight excluding hydrogens is 436 g/mol. The molecule has 2 heterocycles. The lowest BCUT2D eigenvalue weighted by Gasteiger charge is -2.25. The average molecular weight is 473 g/mol. The number of Topliss-reactive ketones (excluding diaryl/α,β-unsaturated/α-hetero) is 1. The van der Waals surface area contributed by atoms with E-state index in [1.165, 1.54) is 12.8 Å². The minimum atomic E-state index is -0.884. The van der Waals surface area contributed by atoms with E-state index >= 15 is 0 Å². The number of nitrogens with zero attached hydrogens (tertiary/aromatic N) is 1. The van der Waals surface area contributed by atoms with Crippen LogP contribution in [0.5, 0.6) is 0 Å². The van der Waals surface area contributed by atoms with Crippen LogP contribution in [0.2, 0.25) is 0 Å². The lowest BCUT2D eigenvalue weighted by atomic mass is 10.1. The van der Waals surface area contributed by atoms with Crippen LogP contribution in [0, 0.1) is 0 Å². The molecule has 31 heavy (non-hydrogen) atoms. The van der Waals surface area contributed by atoms with Crippen molar-refractivity contribution in [3.05, 3.63) is 0 Å². The number of amides is 3. The Bertz CT molecular complexity index is 666. The van der Waals surface area contributed by atoms with E-state index in [1.807, 2.05) is 51.3 Å². The molecule has 2 rings (SSSR count). The normalized spacial score (nSPS) is 22.0. The summed E-state index contributed by atoms with van der Waals surface area (Å²) in [6.07, 6.45) is 4.17. The fourth-order valence-corrected chi connectivity index (χ4v) is 7.29. The second-order valence-electron chi connectivity index (χ2n) is 8.57. The number of ketones is 1. The molecule has 0 saturated carbocycles. The molecule has 2 unspecified atom stereocenters. The third kappa shape index (κ3) is 7.68. The highest BCUT2D eigenvalue weighted by Crippen LogP contribution is 2.49. The molecule has 2 saturated heterocycles. The van der Waals surface area contributed by atoms with Gasteiger partial charge in [0.2, 0.25) is 17.6 Å². The van der Waals surface area contributed by atoms with Crippen LogP contribution >= 0.6 is 23.5 Å². The molecule has 10 heteroatoms. The van der Waals surface area contributed by atoms with Gasteiger partial charge in [-0.25, -0.2) is 0 Å². The van der Waals surface area contributed by atoms with Gasteiger partial charge in [-0.2, -0.15) is 0 Å². The van der Waals surface area contributed by atoms with Gasteiger partial charge < -0.3 is 16.0 Å². The zero-order valence-corrected chi connectivity index (χ0v) is 20.6. The fourth-order valence-electron chi connectivity index (χ4n) is 3.87. The highest BCUT2D eigenvalue weighted by Gasteiger charge is 2.47. The predicted molar refractivity (Wildman–Crippen MR) is 126 cm³/mol. The number of hydrogen-bond acceptors (Lipinski definition) is 7. The molecule has 2 fully saturated rings. The van der Waals surface area contributed by atoms with Gasteiger partial charge in [-0.1, -0.05) is 13.3 Å². The van der Waals surface area contributed by atoms with E-state index in [9.17, 15) is 19.2 Å². The standard InChI is InChI=1S/C21H36N4O4S2/c1-5-8-15(18(27)20(29)22-12-17(26)23-14(2)3)24-19(28)16-11-21(13-25(16)4)30-9-6-7-10-31-21/h14-16H,5-13H2,1-4H3,(H,22,29)(H,23,26)(H,24,28). The van der Waals surface area contributed by atoms with Crippen molar-refractivity contribution >= 4 is 47.0 Å². The van der Waals surface area contributed by atoms with Crippen molar-refractivity contribution < 1.29 is 19.2 Å². The number of likely N-dealkylation sites (tertiary alicyclic amines) is 1. The number of likely N-dealkylation sites (N-methyl/N-ethyl adjacent to an activating group) is 1. The number of thioether (sulfide) groups is 2. The van der Waals surface area contributed by atoms with E-state index in [2.05, 4.69) is 20.9 Å². The molecule has 2 atom stereocenters. The first-order chi connectivity index (χ1) is 14.7. The summed E-state index contributed by atoms with van der Waals surface area (Å²) >= 11 is 3.89. The Balaban J connectivity index is 1.95. The molecule has 0 bridgehead atoms. The van der Waals surface area contributed by atoms with Crippen molar-refractivity contribution in [1.82, 2.24) is 20.9 Å². The molecular formula is C21H36N4O4S2. The molecule has 0 aliphatic carbocycles. The highest BCUT2D eigenvalue weighted by molar-refractivity contribution is 8.18. The number of nitrogens with one attached hydrogen (secondary N) is 3. The van der Waals surface area contributed by atoms with E-state index < -0.39 is 17.7 Å². The van der Waals surface area contributed by atoms with Crippen LogP contribution in [0.1, 0.15) is 52.9 Å². The van der Waals surface area contributed by atoms with Crippen molar-refractivity contribution in [2.24, 2.45) is 0 Å². The van der Waals surface area contributed by atoms with Gasteiger partial charge in [-0.3, -0.25) is 24.1 Å². The number of hydrogen-bond donors (Lipinski definition) is 3. The predicted octanol–water partition coefficient (Wildman–Crippen LogP) is 1.14. The Labute approximate surface area is 193 Å². The quantitative estimate of drug-likeness (QED) is 0.432. The topological polar surface area (TPSA) is 108 Å². The lowest BCUT2D eigenvalue weighted by Crippen LogP contribution is -2.52. The zero-order valence-electron chi connectivity index (χ0n) is 19.0. The van der Waals surface area contributed by atoms with Gasteiger partial charge in [0.15, 0.2) is 0 Å². The van der Waals surface area contributed by atoms with Crippen LogP contribution in [0.3, 0.4) is 0 Å². The molecule has 2 aliphatic rings. The summed E-state index contributed by atoms with van der Waals surface area (Å²) < 4.78 is 0.0265. The Morgan fingerprint density at radius 3 is 2.32 bits per heavy atom. The first kappa shape index (κ1) is 26.0. The first-order valence-electron chi connectivity index (χ1n) is 11.1. The van der Waals surface area contributed by atoms with Crippen molar-refractivity contribution in [3.63, 3.8) is 0 Å². The smallest absolute Gasteiger partial charge is 0.290 e. The maximum Gasteiger partial charge on any atom is 0.290 e. The van der Waals surface area contributed by atoms with Crippen molar-refractivity contribution in [1.29, 1.82) is 0 Å². The van der Waals surface area contributed by atoms with Gasteiger partial charge in [-0.05, 0) is 58.1 Å². The Hall–Kier alpha value is -1.26. The van der Waals surface area contributed by atoms with Crippen LogP contribution in [0.25, 0.3) is 0 Å². The summed E-state index contributed by atoms with van der Waals surface area (Å²) in [6.45, 7) is 6.09. The van der Waals surface area contributed by atoms with E-state index in [1.54, 1.807) is 0 Å². The molecule has 3 N–H and O–H groups in total. The zero-order chi connectivity index (χ0) is 23.0. The molecule has 0 aromatic carbocycles. The minimum absolute atomic E-state index is 0.0265. The second kappa shape index (κ2) is 12.1. The minimum Gasteiger partial charge on any atom is -0.352 e. The van der Waals surface area contributed by atoms with Crippen molar-refractivity contribution in [3.8, 4) is 0 Å². The molecule has 176 valence electrons. The van der Waals surface area contributed by atoms with E-state index in [-0.39, 0.29) is 34.5 Å². The number of rotatable bonds is 9.